The van der Waals surface area contributed by atoms with Crippen LogP contribution in [0.4, 0.5) is 11.4 Å². The quantitative estimate of drug-likeness (QED) is 0.503. The molecule has 0 fully saturated rings. The summed E-state index contributed by atoms with van der Waals surface area (Å²) in [6, 6.07) is 4.92. The Kier molecular flexibility index (Phi) is 4.62. The van der Waals surface area contributed by atoms with Crippen molar-refractivity contribution in [2.24, 2.45) is 7.05 Å². The number of aryl methyl sites for hydroxylation is 1. The summed E-state index contributed by atoms with van der Waals surface area (Å²) < 4.78 is 1.74. The van der Waals surface area contributed by atoms with Gasteiger partial charge in [0.25, 0.3) is 5.69 Å². The molecule has 2 rings (SSSR count). The van der Waals surface area contributed by atoms with E-state index in [0.29, 0.717) is 5.75 Å². The third kappa shape index (κ3) is 3.51. The van der Waals surface area contributed by atoms with E-state index >= 15 is 0 Å². The first kappa shape index (κ1) is 14.4. The number of nitro groups is 1. The topological polar surface area (TPSA) is 73.0 Å². The molecule has 106 valence electrons. The van der Waals surface area contributed by atoms with E-state index in [-0.39, 0.29) is 10.6 Å². The zero-order valence-corrected chi connectivity index (χ0v) is 12.2. The van der Waals surface area contributed by atoms with Gasteiger partial charge in [-0.25, -0.2) is 0 Å². The lowest BCUT2D eigenvalue weighted by Gasteiger charge is -2.09. The van der Waals surface area contributed by atoms with Crippen LogP contribution in [-0.4, -0.2) is 21.2 Å². The highest BCUT2D eigenvalue weighted by Gasteiger charge is 2.11. The molecule has 6 nitrogen and oxygen atoms in total. The molecule has 0 unspecified atom stereocenters. The Morgan fingerprint density at radius 1 is 1.50 bits per heavy atom. The number of hydrogen-bond donors (Lipinski definition) is 1. The highest BCUT2D eigenvalue weighted by molar-refractivity contribution is 7.98. The van der Waals surface area contributed by atoms with Crippen LogP contribution >= 0.6 is 11.8 Å². The largest absolute Gasteiger partial charge is 0.385 e. The maximum absolute atomic E-state index is 10.9. The molecule has 0 saturated carbocycles. The number of benzene rings is 1. The molecule has 20 heavy (non-hydrogen) atoms. The Bertz CT molecular complexity index is 612. The number of rotatable bonds is 6. The molecule has 0 spiro atoms. The summed E-state index contributed by atoms with van der Waals surface area (Å²) in [5.41, 5.74) is 1.98. The summed E-state index contributed by atoms with van der Waals surface area (Å²) in [6.45, 7) is 2.78. The molecule has 0 aliphatic heterocycles. The Balaban J connectivity index is 2.18. The standard InChI is InChI=1S/C13H16N4O2S/c1-3-14-13-5-4-11(17(18)19)6-10(13)9-20-12-7-15-16(2)8-12/h4-8,14H,3,9H2,1-2H3. The van der Waals surface area contributed by atoms with Crippen molar-refractivity contribution >= 4 is 23.1 Å². The summed E-state index contributed by atoms with van der Waals surface area (Å²) in [5, 5.41) is 18.2. The van der Waals surface area contributed by atoms with Gasteiger partial charge in [0.1, 0.15) is 0 Å². The monoisotopic (exact) mass is 292 g/mol. The summed E-state index contributed by atoms with van der Waals surface area (Å²) in [7, 11) is 1.86. The zero-order chi connectivity index (χ0) is 14.5. The van der Waals surface area contributed by atoms with Crippen LogP contribution in [0, 0.1) is 10.1 Å². The molecule has 1 N–H and O–H groups in total. The van der Waals surface area contributed by atoms with Crippen LogP contribution in [0.5, 0.6) is 0 Å². The average molecular weight is 292 g/mol. The minimum absolute atomic E-state index is 0.119. The van der Waals surface area contributed by atoms with E-state index in [4.69, 9.17) is 0 Å². The van der Waals surface area contributed by atoms with Gasteiger partial charge < -0.3 is 5.32 Å². The van der Waals surface area contributed by atoms with Gasteiger partial charge >= 0.3 is 0 Å². The van der Waals surface area contributed by atoms with Gasteiger partial charge in [-0.3, -0.25) is 14.8 Å². The van der Waals surface area contributed by atoms with Crippen LogP contribution in [0.15, 0.2) is 35.5 Å². The van der Waals surface area contributed by atoms with Gasteiger partial charge in [0, 0.05) is 48.3 Å². The predicted molar refractivity (Wildman–Crippen MR) is 80.0 cm³/mol. The van der Waals surface area contributed by atoms with Gasteiger partial charge in [-0.05, 0) is 18.6 Å². The summed E-state index contributed by atoms with van der Waals surface area (Å²) in [6.07, 6.45) is 3.71. The minimum Gasteiger partial charge on any atom is -0.385 e. The third-order valence-electron chi connectivity index (χ3n) is 2.74. The molecule has 0 atom stereocenters. The molecule has 2 aromatic rings. The lowest BCUT2D eigenvalue weighted by molar-refractivity contribution is -0.384. The fourth-order valence-electron chi connectivity index (χ4n) is 1.81. The minimum atomic E-state index is -0.367. The first-order valence-corrected chi connectivity index (χ1v) is 7.21. The van der Waals surface area contributed by atoms with E-state index in [0.717, 1.165) is 22.7 Å². The highest BCUT2D eigenvalue weighted by Crippen LogP contribution is 2.29. The SMILES string of the molecule is CCNc1ccc([N+](=O)[O-])cc1CSc1cnn(C)c1. The Hall–Kier alpha value is -2.02. The number of nitro benzene ring substituents is 1. The van der Waals surface area contributed by atoms with Gasteiger partial charge in [-0.15, -0.1) is 11.8 Å². The van der Waals surface area contributed by atoms with E-state index in [2.05, 4.69) is 10.4 Å². The maximum atomic E-state index is 10.9. The fraction of sp³-hybridized carbons (Fsp3) is 0.308. The number of nitrogens with one attached hydrogen (secondary N) is 1. The van der Waals surface area contributed by atoms with E-state index in [1.807, 2.05) is 20.2 Å². The molecule has 0 amide bonds. The summed E-state index contributed by atoms with van der Waals surface area (Å²) >= 11 is 1.61. The normalized spacial score (nSPS) is 10.5. The van der Waals surface area contributed by atoms with Crippen molar-refractivity contribution < 1.29 is 4.92 Å². The van der Waals surface area contributed by atoms with Crippen molar-refractivity contribution in [3.8, 4) is 0 Å². The number of anilines is 1. The molecular weight excluding hydrogens is 276 g/mol. The predicted octanol–water partition coefficient (Wildman–Crippen LogP) is 3.05. The van der Waals surface area contributed by atoms with Crippen molar-refractivity contribution in [1.29, 1.82) is 0 Å². The number of non-ortho nitro benzene ring substituents is 1. The van der Waals surface area contributed by atoms with Gasteiger partial charge in [0.05, 0.1) is 11.1 Å². The summed E-state index contributed by atoms with van der Waals surface area (Å²) in [4.78, 5) is 11.5. The molecule has 1 aromatic carbocycles. The first-order valence-electron chi connectivity index (χ1n) is 6.22. The van der Waals surface area contributed by atoms with Crippen LogP contribution in [0.2, 0.25) is 0 Å². The van der Waals surface area contributed by atoms with E-state index in [9.17, 15) is 10.1 Å². The van der Waals surface area contributed by atoms with Crippen molar-refractivity contribution in [1.82, 2.24) is 9.78 Å². The number of nitrogens with zero attached hydrogens (tertiary/aromatic N) is 3. The van der Waals surface area contributed by atoms with Crippen LogP contribution < -0.4 is 5.32 Å². The second kappa shape index (κ2) is 6.42. The van der Waals surface area contributed by atoms with Crippen LogP contribution in [-0.2, 0) is 12.8 Å². The van der Waals surface area contributed by atoms with Gasteiger partial charge in [-0.2, -0.15) is 5.10 Å². The van der Waals surface area contributed by atoms with Gasteiger partial charge in [-0.1, -0.05) is 0 Å². The Labute approximate surface area is 121 Å². The average Bonchev–Trinajstić information content (AvgIpc) is 2.83. The third-order valence-corrected chi connectivity index (χ3v) is 3.74. The van der Waals surface area contributed by atoms with E-state index in [1.165, 1.54) is 6.07 Å². The van der Waals surface area contributed by atoms with E-state index < -0.39 is 0 Å². The van der Waals surface area contributed by atoms with Gasteiger partial charge in [0.15, 0.2) is 0 Å². The molecule has 0 radical (unpaired) electrons. The molecule has 0 bridgehead atoms. The lowest BCUT2D eigenvalue weighted by Crippen LogP contribution is -2.01. The fourth-order valence-corrected chi connectivity index (χ4v) is 2.72. The zero-order valence-electron chi connectivity index (χ0n) is 11.4. The van der Waals surface area contributed by atoms with Crippen molar-refractivity contribution in [2.45, 2.75) is 17.6 Å². The molecule has 1 heterocycles. The Morgan fingerprint density at radius 2 is 2.30 bits per heavy atom. The second-order valence-electron chi connectivity index (χ2n) is 4.27. The number of thioether (sulfide) groups is 1. The van der Waals surface area contributed by atoms with Crippen LogP contribution in [0.3, 0.4) is 0 Å². The Morgan fingerprint density at radius 3 is 2.90 bits per heavy atom. The molecule has 0 aliphatic rings. The van der Waals surface area contributed by atoms with Crippen molar-refractivity contribution in [3.05, 3.63) is 46.3 Å². The lowest BCUT2D eigenvalue weighted by atomic mass is 10.2. The van der Waals surface area contributed by atoms with Crippen LogP contribution in [0.1, 0.15) is 12.5 Å². The smallest absolute Gasteiger partial charge is 0.269 e. The molecular formula is C13H16N4O2S. The van der Waals surface area contributed by atoms with Crippen molar-refractivity contribution in [2.75, 3.05) is 11.9 Å². The second-order valence-corrected chi connectivity index (χ2v) is 5.32. The number of aromatic nitrogens is 2. The molecule has 0 saturated heterocycles. The highest BCUT2D eigenvalue weighted by atomic mass is 32.2. The molecule has 1 aromatic heterocycles. The maximum Gasteiger partial charge on any atom is 0.269 e. The van der Waals surface area contributed by atoms with Gasteiger partial charge in [0.2, 0.25) is 0 Å². The van der Waals surface area contributed by atoms with Crippen LogP contribution in [0.25, 0.3) is 0 Å². The number of hydrogen-bond acceptors (Lipinski definition) is 5. The van der Waals surface area contributed by atoms with E-state index in [1.54, 1.807) is 34.8 Å². The molecule has 7 heteroatoms. The molecule has 0 aliphatic carbocycles. The van der Waals surface area contributed by atoms with Crippen molar-refractivity contribution in [3.63, 3.8) is 0 Å². The first-order chi connectivity index (χ1) is 9.60. The summed E-state index contributed by atoms with van der Waals surface area (Å²) in [5.74, 6) is 0.662.